The molecule has 0 bridgehead atoms. The maximum Gasteiger partial charge on any atom is 0.270 e. The first-order chi connectivity index (χ1) is 15.6. The van der Waals surface area contributed by atoms with Crippen LogP contribution in [0, 0.1) is 10.1 Å². The van der Waals surface area contributed by atoms with Crippen LogP contribution in [0.1, 0.15) is 30.9 Å². The fraction of sp³-hybridized carbons (Fsp3) is 0.208. The Morgan fingerprint density at radius 2 is 1.91 bits per heavy atom. The molecule has 0 saturated carbocycles. The molecule has 0 spiro atoms. The average Bonchev–Trinajstić information content (AvgIpc) is 3.09. The maximum atomic E-state index is 13.1. The SMILES string of the molecule is CCCC1SC(=NN=Cc2cccc([N+](=O)[O-])c2)N(Cc2cccc3ccccc23)C1=O. The number of amidine groups is 1. The number of carbonyl (C=O) groups is 1. The molecule has 7 nitrogen and oxygen atoms in total. The molecule has 1 atom stereocenters. The highest BCUT2D eigenvalue weighted by Crippen LogP contribution is 2.32. The summed E-state index contributed by atoms with van der Waals surface area (Å²) in [6.45, 7) is 2.47. The monoisotopic (exact) mass is 446 g/mol. The lowest BCUT2D eigenvalue weighted by Crippen LogP contribution is -2.31. The summed E-state index contributed by atoms with van der Waals surface area (Å²) < 4.78 is 0. The first-order valence-electron chi connectivity index (χ1n) is 10.4. The third kappa shape index (κ3) is 4.70. The van der Waals surface area contributed by atoms with Crippen molar-refractivity contribution in [2.24, 2.45) is 10.2 Å². The van der Waals surface area contributed by atoms with Crippen LogP contribution < -0.4 is 0 Å². The van der Waals surface area contributed by atoms with Gasteiger partial charge in [0.15, 0.2) is 5.17 Å². The Labute approximate surface area is 190 Å². The van der Waals surface area contributed by atoms with Crippen LogP contribution in [0.4, 0.5) is 5.69 Å². The Bertz CT molecular complexity index is 1220. The first kappa shape index (κ1) is 21.7. The number of amides is 1. The van der Waals surface area contributed by atoms with Crippen LogP contribution in [0.2, 0.25) is 0 Å². The van der Waals surface area contributed by atoms with Crippen molar-refractivity contribution in [2.75, 3.05) is 0 Å². The van der Waals surface area contributed by atoms with Gasteiger partial charge in [-0.3, -0.25) is 19.8 Å². The Morgan fingerprint density at radius 3 is 2.72 bits per heavy atom. The fourth-order valence-electron chi connectivity index (χ4n) is 3.64. The molecule has 0 aliphatic carbocycles. The van der Waals surface area contributed by atoms with Crippen molar-refractivity contribution in [3.8, 4) is 0 Å². The Hall–Kier alpha value is -3.52. The van der Waals surface area contributed by atoms with Gasteiger partial charge in [0, 0.05) is 17.7 Å². The summed E-state index contributed by atoms with van der Waals surface area (Å²) in [5.74, 6) is 0.0362. The first-order valence-corrected chi connectivity index (χ1v) is 11.2. The number of rotatable bonds is 7. The molecule has 162 valence electrons. The van der Waals surface area contributed by atoms with Crippen LogP contribution in [0.5, 0.6) is 0 Å². The number of carbonyl (C=O) groups excluding carboxylic acids is 1. The van der Waals surface area contributed by atoms with Crippen molar-refractivity contribution in [1.82, 2.24) is 4.90 Å². The molecule has 32 heavy (non-hydrogen) atoms. The average molecular weight is 447 g/mol. The predicted octanol–water partition coefficient (Wildman–Crippen LogP) is 5.38. The lowest BCUT2D eigenvalue weighted by molar-refractivity contribution is -0.384. The second-order valence-corrected chi connectivity index (χ2v) is 8.61. The molecule has 0 aromatic heterocycles. The van der Waals surface area contributed by atoms with E-state index in [2.05, 4.69) is 35.3 Å². The predicted molar refractivity (Wildman–Crippen MR) is 129 cm³/mol. The van der Waals surface area contributed by atoms with Gasteiger partial charge in [-0.25, -0.2) is 0 Å². The normalized spacial score (nSPS) is 17.7. The van der Waals surface area contributed by atoms with Crippen LogP contribution in [0.25, 0.3) is 10.8 Å². The standard InChI is InChI=1S/C24H22N4O3S/c1-2-7-22-23(29)27(16-19-11-6-10-18-9-3-4-13-21(18)19)24(32-22)26-25-15-17-8-5-12-20(14-17)28(30)31/h3-6,8-15,22H,2,7,16H2,1H3. The Balaban J connectivity index is 1.62. The lowest BCUT2D eigenvalue weighted by atomic mass is 10.0. The van der Waals surface area contributed by atoms with Gasteiger partial charge in [-0.15, -0.1) is 5.10 Å². The molecule has 4 rings (SSSR count). The van der Waals surface area contributed by atoms with E-state index in [0.29, 0.717) is 17.3 Å². The van der Waals surface area contributed by atoms with Crippen molar-refractivity contribution in [3.05, 3.63) is 88.0 Å². The second-order valence-electron chi connectivity index (χ2n) is 7.44. The van der Waals surface area contributed by atoms with Crippen LogP contribution >= 0.6 is 11.8 Å². The highest BCUT2D eigenvalue weighted by Gasteiger charge is 2.37. The summed E-state index contributed by atoms with van der Waals surface area (Å²) in [4.78, 5) is 25.3. The third-order valence-corrected chi connectivity index (χ3v) is 6.45. The molecule has 1 aliphatic rings. The zero-order valence-electron chi connectivity index (χ0n) is 17.5. The minimum absolute atomic E-state index is 0.00684. The van der Waals surface area contributed by atoms with Crippen molar-refractivity contribution >= 4 is 45.5 Å². The Kier molecular flexibility index (Phi) is 6.61. The van der Waals surface area contributed by atoms with Crippen molar-refractivity contribution < 1.29 is 9.72 Å². The molecule has 1 amide bonds. The molecule has 1 fully saturated rings. The summed E-state index contributed by atoms with van der Waals surface area (Å²) >= 11 is 1.42. The highest BCUT2D eigenvalue weighted by atomic mass is 32.2. The summed E-state index contributed by atoms with van der Waals surface area (Å²) in [5.41, 5.74) is 1.61. The summed E-state index contributed by atoms with van der Waals surface area (Å²) in [6.07, 6.45) is 3.13. The zero-order valence-corrected chi connectivity index (χ0v) is 18.4. The van der Waals surface area contributed by atoms with Gasteiger partial charge >= 0.3 is 0 Å². The molecule has 0 N–H and O–H groups in total. The number of nitro benzene ring substituents is 1. The van der Waals surface area contributed by atoms with Gasteiger partial charge in [0.25, 0.3) is 5.69 Å². The van der Waals surface area contributed by atoms with Gasteiger partial charge in [-0.2, -0.15) is 5.10 Å². The van der Waals surface area contributed by atoms with Gasteiger partial charge < -0.3 is 0 Å². The summed E-state index contributed by atoms with van der Waals surface area (Å²) in [5, 5.41) is 22.0. The van der Waals surface area contributed by atoms with E-state index >= 15 is 0 Å². The van der Waals surface area contributed by atoms with E-state index in [1.807, 2.05) is 24.3 Å². The zero-order chi connectivity index (χ0) is 22.5. The number of nitrogens with zero attached hydrogens (tertiary/aromatic N) is 4. The molecular weight excluding hydrogens is 424 g/mol. The van der Waals surface area contributed by atoms with Gasteiger partial charge in [-0.1, -0.05) is 79.7 Å². The lowest BCUT2D eigenvalue weighted by Gasteiger charge is -2.17. The van der Waals surface area contributed by atoms with E-state index in [0.717, 1.165) is 29.2 Å². The molecule has 0 radical (unpaired) electrons. The molecule has 1 saturated heterocycles. The molecule has 3 aromatic carbocycles. The second kappa shape index (κ2) is 9.74. The van der Waals surface area contributed by atoms with Crippen LogP contribution in [-0.2, 0) is 11.3 Å². The van der Waals surface area contributed by atoms with Gasteiger partial charge in [-0.05, 0) is 22.8 Å². The van der Waals surface area contributed by atoms with Crippen LogP contribution in [0.3, 0.4) is 0 Å². The number of thioether (sulfide) groups is 1. The molecular formula is C24H22N4O3S. The van der Waals surface area contributed by atoms with Crippen LogP contribution in [0.15, 0.2) is 76.9 Å². The van der Waals surface area contributed by atoms with E-state index in [-0.39, 0.29) is 16.8 Å². The number of nitro groups is 1. The molecule has 1 unspecified atom stereocenters. The van der Waals surface area contributed by atoms with Gasteiger partial charge in [0.2, 0.25) is 5.91 Å². The number of non-ortho nitro benzene ring substituents is 1. The number of benzene rings is 3. The van der Waals surface area contributed by atoms with Gasteiger partial charge in [0.1, 0.15) is 0 Å². The highest BCUT2D eigenvalue weighted by molar-refractivity contribution is 8.15. The molecule has 1 aliphatic heterocycles. The summed E-state index contributed by atoms with van der Waals surface area (Å²) in [7, 11) is 0. The van der Waals surface area contributed by atoms with Crippen molar-refractivity contribution in [2.45, 2.75) is 31.6 Å². The quantitative estimate of drug-likeness (QED) is 0.277. The van der Waals surface area contributed by atoms with E-state index in [9.17, 15) is 14.9 Å². The topological polar surface area (TPSA) is 88.2 Å². The maximum absolute atomic E-state index is 13.1. The van der Waals surface area contributed by atoms with E-state index < -0.39 is 4.92 Å². The number of fused-ring (bicyclic) bond motifs is 1. The van der Waals surface area contributed by atoms with Gasteiger partial charge in [0.05, 0.1) is 22.9 Å². The largest absolute Gasteiger partial charge is 0.284 e. The number of hydrogen-bond donors (Lipinski definition) is 0. The molecule has 1 heterocycles. The van der Waals surface area contributed by atoms with E-state index in [4.69, 9.17) is 0 Å². The fourth-order valence-corrected chi connectivity index (χ4v) is 4.85. The van der Waals surface area contributed by atoms with E-state index in [1.165, 1.54) is 30.1 Å². The van der Waals surface area contributed by atoms with Crippen molar-refractivity contribution in [1.29, 1.82) is 0 Å². The molecule has 8 heteroatoms. The molecule has 3 aromatic rings. The Morgan fingerprint density at radius 1 is 1.12 bits per heavy atom. The summed E-state index contributed by atoms with van der Waals surface area (Å²) in [6, 6.07) is 20.3. The van der Waals surface area contributed by atoms with Crippen LogP contribution in [-0.4, -0.2) is 32.4 Å². The van der Waals surface area contributed by atoms with E-state index in [1.54, 1.807) is 17.0 Å². The van der Waals surface area contributed by atoms with Crippen molar-refractivity contribution in [3.63, 3.8) is 0 Å². The smallest absolute Gasteiger partial charge is 0.270 e. The third-order valence-electron chi connectivity index (χ3n) is 5.21. The minimum atomic E-state index is -0.448. The minimum Gasteiger partial charge on any atom is -0.284 e. The number of hydrogen-bond acceptors (Lipinski definition) is 6.